The summed E-state index contributed by atoms with van der Waals surface area (Å²) in [5, 5.41) is 3.06. The monoisotopic (exact) mass is 387 g/mol. The third-order valence-corrected chi connectivity index (χ3v) is 5.12. The van der Waals surface area contributed by atoms with Gasteiger partial charge in [-0.15, -0.1) is 12.4 Å². The second kappa shape index (κ2) is 8.55. The molecular formula is C21H26ClN3O2. The first-order valence-electron chi connectivity index (χ1n) is 8.90. The van der Waals surface area contributed by atoms with Gasteiger partial charge < -0.3 is 16.0 Å². The number of anilines is 1. The Morgan fingerprint density at radius 1 is 1.11 bits per heavy atom. The smallest absolute Gasteiger partial charge is 0.258 e. The van der Waals surface area contributed by atoms with Gasteiger partial charge >= 0.3 is 0 Å². The molecule has 1 fully saturated rings. The molecule has 0 saturated heterocycles. The summed E-state index contributed by atoms with van der Waals surface area (Å²) in [6.45, 7) is 2.39. The summed E-state index contributed by atoms with van der Waals surface area (Å²) in [6, 6.07) is 16.2. The number of nitrogens with zero attached hydrogens (tertiary/aromatic N) is 1. The summed E-state index contributed by atoms with van der Waals surface area (Å²) in [5.41, 5.74) is 7.24. The van der Waals surface area contributed by atoms with Crippen molar-refractivity contribution in [1.82, 2.24) is 5.32 Å². The molecule has 6 heteroatoms. The molecule has 144 valence electrons. The Balaban J connectivity index is 0.00000261. The van der Waals surface area contributed by atoms with Crippen LogP contribution in [0.5, 0.6) is 0 Å². The lowest BCUT2D eigenvalue weighted by Gasteiger charge is -2.29. The number of halogens is 1. The van der Waals surface area contributed by atoms with E-state index >= 15 is 0 Å². The van der Waals surface area contributed by atoms with E-state index < -0.39 is 5.54 Å². The van der Waals surface area contributed by atoms with Gasteiger partial charge in [0.25, 0.3) is 11.8 Å². The summed E-state index contributed by atoms with van der Waals surface area (Å²) in [6.07, 6.45) is 2.18. The summed E-state index contributed by atoms with van der Waals surface area (Å²) < 4.78 is 0. The van der Waals surface area contributed by atoms with Crippen LogP contribution in [0.4, 0.5) is 5.69 Å². The molecule has 2 aromatic rings. The van der Waals surface area contributed by atoms with Crippen LogP contribution in [0, 0.1) is 5.92 Å². The van der Waals surface area contributed by atoms with Crippen LogP contribution in [0.15, 0.2) is 54.6 Å². The maximum absolute atomic E-state index is 12.8. The van der Waals surface area contributed by atoms with Crippen LogP contribution < -0.4 is 16.0 Å². The Morgan fingerprint density at radius 2 is 1.74 bits per heavy atom. The fraction of sp³-hybridized carbons (Fsp3) is 0.333. The number of carbonyl (C=O) groups excluding carboxylic acids is 2. The van der Waals surface area contributed by atoms with Crippen molar-refractivity contribution in [3.05, 3.63) is 65.7 Å². The minimum atomic E-state index is -0.391. The number of carbonyl (C=O) groups is 2. The number of nitrogens with two attached hydrogens (primary N) is 1. The zero-order chi connectivity index (χ0) is 18.7. The molecule has 0 spiro atoms. The number of amides is 2. The van der Waals surface area contributed by atoms with Crippen molar-refractivity contribution >= 4 is 29.9 Å². The molecule has 0 aliphatic heterocycles. The molecule has 5 nitrogen and oxygen atoms in total. The van der Waals surface area contributed by atoms with Crippen LogP contribution >= 0.6 is 12.4 Å². The average Bonchev–Trinajstić information content (AvgIpc) is 3.53. The third-order valence-electron chi connectivity index (χ3n) is 5.12. The van der Waals surface area contributed by atoms with Crippen LogP contribution in [0.1, 0.15) is 40.5 Å². The van der Waals surface area contributed by atoms with E-state index in [1.807, 2.05) is 37.3 Å². The number of nitrogens with one attached hydrogen (secondary N) is 1. The van der Waals surface area contributed by atoms with Crippen LogP contribution in [-0.4, -0.2) is 30.9 Å². The van der Waals surface area contributed by atoms with Gasteiger partial charge in [0.1, 0.15) is 0 Å². The maximum atomic E-state index is 12.8. The highest BCUT2D eigenvalue weighted by molar-refractivity contribution is 6.07. The largest absolute Gasteiger partial charge is 0.345 e. The number of hydrogen-bond donors (Lipinski definition) is 2. The number of para-hydroxylation sites is 1. The van der Waals surface area contributed by atoms with Crippen LogP contribution in [0.25, 0.3) is 0 Å². The Labute approximate surface area is 166 Å². The predicted molar refractivity (Wildman–Crippen MR) is 111 cm³/mol. The van der Waals surface area contributed by atoms with Crippen LogP contribution in [-0.2, 0) is 0 Å². The van der Waals surface area contributed by atoms with E-state index in [4.69, 9.17) is 5.73 Å². The van der Waals surface area contributed by atoms with Crippen LogP contribution in [0.3, 0.4) is 0 Å². The standard InChI is InChI=1S/C21H25N3O2.ClH/c1-21(14-22,17-11-12-17)23-19(25)15-7-6-8-16(13-15)20(26)24(2)18-9-4-3-5-10-18;/h3-10,13,17H,11-12,14,22H2,1-2H3,(H,23,25);1H. The average molecular weight is 388 g/mol. The molecule has 0 radical (unpaired) electrons. The highest BCUT2D eigenvalue weighted by Crippen LogP contribution is 2.39. The highest BCUT2D eigenvalue weighted by Gasteiger charge is 2.41. The molecule has 2 amide bonds. The number of rotatable bonds is 6. The Morgan fingerprint density at radius 3 is 2.33 bits per heavy atom. The van der Waals surface area contributed by atoms with E-state index in [9.17, 15) is 9.59 Å². The molecule has 1 aliphatic rings. The second-order valence-corrected chi connectivity index (χ2v) is 7.13. The molecule has 1 unspecified atom stereocenters. The van der Waals surface area contributed by atoms with Gasteiger partial charge in [0.2, 0.25) is 0 Å². The van der Waals surface area contributed by atoms with Gasteiger partial charge in [0, 0.05) is 30.4 Å². The molecule has 1 aliphatic carbocycles. The molecule has 2 aromatic carbocycles. The van der Waals surface area contributed by atoms with E-state index in [2.05, 4.69) is 5.32 Å². The molecule has 0 aromatic heterocycles. The quantitative estimate of drug-likeness (QED) is 0.798. The predicted octanol–water partition coefficient (Wildman–Crippen LogP) is 3.24. The maximum Gasteiger partial charge on any atom is 0.258 e. The van der Waals surface area contributed by atoms with E-state index in [0.29, 0.717) is 23.6 Å². The van der Waals surface area contributed by atoms with E-state index in [1.54, 1.807) is 36.2 Å². The van der Waals surface area contributed by atoms with Crippen molar-refractivity contribution < 1.29 is 9.59 Å². The molecule has 3 N–H and O–H groups in total. The molecule has 0 bridgehead atoms. The minimum absolute atomic E-state index is 0. The fourth-order valence-electron chi connectivity index (χ4n) is 3.13. The van der Waals surface area contributed by atoms with Gasteiger partial charge in [0.15, 0.2) is 0 Å². The van der Waals surface area contributed by atoms with Gasteiger partial charge in [-0.25, -0.2) is 0 Å². The Bertz CT molecular complexity index is 808. The van der Waals surface area contributed by atoms with Gasteiger partial charge in [-0.1, -0.05) is 24.3 Å². The molecular weight excluding hydrogens is 362 g/mol. The number of benzene rings is 2. The Kier molecular flexibility index (Phi) is 6.63. The van der Waals surface area contributed by atoms with Gasteiger partial charge in [-0.2, -0.15) is 0 Å². The van der Waals surface area contributed by atoms with Gasteiger partial charge in [0.05, 0.1) is 5.54 Å². The van der Waals surface area contributed by atoms with Gasteiger partial charge in [-0.3, -0.25) is 9.59 Å². The Hall–Kier alpha value is -2.37. The first-order valence-corrected chi connectivity index (χ1v) is 8.90. The lowest BCUT2D eigenvalue weighted by Crippen LogP contribution is -2.53. The summed E-state index contributed by atoms with van der Waals surface area (Å²) in [4.78, 5) is 27.0. The normalized spacial score (nSPS) is 15.2. The van der Waals surface area contributed by atoms with Crippen molar-refractivity contribution in [2.45, 2.75) is 25.3 Å². The lowest BCUT2D eigenvalue weighted by molar-refractivity contribution is 0.0898. The number of hydrogen-bond acceptors (Lipinski definition) is 3. The third kappa shape index (κ3) is 4.67. The van der Waals surface area contributed by atoms with Crippen molar-refractivity contribution in [3.8, 4) is 0 Å². The summed E-state index contributed by atoms with van der Waals surface area (Å²) in [7, 11) is 1.73. The van der Waals surface area contributed by atoms with E-state index in [1.165, 1.54) is 0 Å². The van der Waals surface area contributed by atoms with Gasteiger partial charge in [-0.05, 0) is 56.0 Å². The minimum Gasteiger partial charge on any atom is -0.345 e. The van der Waals surface area contributed by atoms with E-state index in [0.717, 1.165) is 18.5 Å². The lowest BCUT2D eigenvalue weighted by atomic mass is 9.95. The zero-order valence-electron chi connectivity index (χ0n) is 15.6. The molecule has 0 heterocycles. The van der Waals surface area contributed by atoms with Crippen molar-refractivity contribution in [2.75, 3.05) is 18.5 Å². The zero-order valence-corrected chi connectivity index (χ0v) is 16.5. The van der Waals surface area contributed by atoms with E-state index in [-0.39, 0.29) is 24.2 Å². The SMILES string of the molecule is CN(C(=O)c1cccc(C(=O)NC(C)(CN)C2CC2)c1)c1ccccc1.Cl. The first kappa shape index (κ1) is 20.9. The summed E-state index contributed by atoms with van der Waals surface area (Å²) in [5.74, 6) is 0.0852. The highest BCUT2D eigenvalue weighted by atomic mass is 35.5. The van der Waals surface area contributed by atoms with Crippen molar-refractivity contribution in [2.24, 2.45) is 11.7 Å². The molecule has 1 atom stereocenters. The molecule has 27 heavy (non-hydrogen) atoms. The summed E-state index contributed by atoms with van der Waals surface area (Å²) >= 11 is 0. The molecule has 3 rings (SSSR count). The van der Waals surface area contributed by atoms with Crippen molar-refractivity contribution in [1.29, 1.82) is 0 Å². The first-order chi connectivity index (χ1) is 12.4. The van der Waals surface area contributed by atoms with Crippen molar-refractivity contribution in [3.63, 3.8) is 0 Å². The molecule has 1 saturated carbocycles. The second-order valence-electron chi connectivity index (χ2n) is 7.13. The fourth-order valence-corrected chi connectivity index (χ4v) is 3.13. The topological polar surface area (TPSA) is 75.4 Å². The van der Waals surface area contributed by atoms with Crippen LogP contribution in [0.2, 0.25) is 0 Å².